The summed E-state index contributed by atoms with van der Waals surface area (Å²) in [6.07, 6.45) is 0. The van der Waals surface area contributed by atoms with E-state index in [0.717, 1.165) is 11.1 Å². The monoisotopic (exact) mass is 230 g/mol. The van der Waals surface area contributed by atoms with E-state index in [0.29, 0.717) is 4.90 Å². The Labute approximate surface area is 99.0 Å². The molecule has 2 aromatic carbocycles. The third-order valence-corrected chi connectivity index (χ3v) is 2.72. The zero-order chi connectivity index (χ0) is 11.5. The van der Waals surface area contributed by atoms with Crippen LogP contribution in [-0.2, 0) is 0 Å². The number of carboxylic acid groups (broad SMARTS) is 1. The second-order valence-electron chi connectivity index (χ2n) is 3.40. The van der Waals surface area contributed by atoms with Crippen LogP contribution in [0.3, 0.4) is 0 Å². The minimum absolute atomic E-state index is 0.227. The predicted octanol–water partition coefficient (Wildman–Crippen LogP) is 3.34. The van der Waals surface area contributed by atoms with Crippen LogP contribution < -0.4 is 0 Å². The quantitative estimate of drug-likeness (QED) is 0.776. The second kappa shape index (κ2) is 4.41. The molecule has 0 radical (unpaired) electrons. The van der Waals surface area contributed by atoms with Crippen molar-refractivity contribution in [3.05, 3.63) is 54.1 Å². The van der Waals surface area contributed by atoms with Crippen LogP contribution in [-0.4, -0.2) is 11.1 Å². The molecule has 0 saturated heterocycles. The van der Waals surface area contributed by atoms with Gasteiger partial charge in [0.15, 0.2) is 0 Å². The Bertz CT molecular complexity index is 521. The third kappa shape index (κ3) is 2.09. The first-order valence-corrected chi connectivity index (χ1v) is 5.25. The van der Waals surface area contributed by atoms with Gasteiger partial charge in [0, 0.05) is 4.90 Å². The van der Waals surface area contributed by atoms with Gasteiger partial charge in [0.1, 0.15) is 0 Å². The Kier molecular flexibility index (Phi) is 2.97. The zero-order valence-corrected chi connectivity index (χ0v) is 9.32. The van der Waals surface area contributed by atoms with Gasteiger partial charge < -0.3 is 5.11 Å². The van der Waals surface area contributed by atoms with E-state index in [-0.39, 0.29) is 5.56 Å². The van der Waals surface area contributed by atoms with Crippen molar-refractivity contribution in [3.8, 4) is 11.1 Å². The highest BCUT2D eigenvalue weighted by molar-refractivity contribution is 7.80. The van der Waals surface area contributed by atoms with Crippen LogP contribution in [0.1, 0.15) is 10.4 Å². The first kappa shape index (κ1) is 10.8. The molecular weight excluding hydrogens is 220 g/mol. The van der Waals surface area contributed by atoms with E-state index < -0.39 is 5.97 Å². The summed E-state index contributed by atoms with van der Waals surface area (Å²) in [6.45, 7) is 0. The number of aromatic carboxylic acids is 1. The molecule has 1 N–H and O–H groups in total. The van der Waals surface area contributed by atoms with Gasteiger partial charge in [-0.3, -0.25) is 0 Å². The summed E-state index contributed by atoms with van der Waals surface area (Å²) in [6, 6.07) is 14.9. The van der Waals surface area contributed by atoms with Crippen molar-refractivity contribution in [1.29, 1.82) is 0 Å². The summed E-state index contributed by atoms with van der Waals surface area (Å²) in [5, 5.41) is 8.99. The van der Waals surface area contributed by atoms with Crippen LogP contribution in [0, 0.1) is 0 Å². The molecule has 80 valence electrons. The summed E-state index contributed by atoms with van der Waals surface area (Å²) in [5.74, 6) is -0.956. The Morgan fingerprint density at radius 1 is 1.00 bits per heavy atom. The fourth-order valence-corrected chi connectivity index (χ4v) is 1.75. The molecular formula is C13H10O2S. The molecule has 0 aliphatic heterocycles. The van der Waals surface area contributed by atoms with Gasteiger partial charge >= 0.3 is 5.97 Å². The Morgan fingerprint density at radius 3 is 2.31 bits per heavy atom. The molecule has 0 aliphatic carbocycles. The molecule has 0 aliphatic rings. The van der Waals surface area contributed by atoms with Gasteiger partial charge in [-0.15, -0.1) is 12.6 Å². The van der Waals surface area contributed by atoms with E-state index >= 15 is 0 Å². The van der Waals surface area contributed by atoms with E-state index in [9.17, 15) is 4.79 Å². The highest BCUT2D eigenvalue weighted by Crippen LogP contribution is 2.24. The van der Waals surface area contributed by atoms with Crippen molar-refractivity contribution in [2.75, 3.05) is 0 Å². The van der Waals surface area contributed by atoms with Crippen LogP contribution in [0.25, 0.3) is 11.1 Å². The average Bonchev–Trinajstić information content (AvgIpc) is 2.30. The van der Waals surface area contributed by atoms with Gasteiger partial charge in [-0.25, -0.2) is 4.79 Å². The number of thiol groups is 1. The van der Waals surface area contributed by atoms with Gasteiger partial charge in [-0.2, -0.15) is 0 Å². The lowest BCUT2D eigenvalue weighted by atomic mass is 10.0. The Morgan fingerprint density at radius 2 is 1.69 bits per heavy atom. The van der Waals surface area contributed by atoms with Crippen LogP contribution in [0.15, 0.2) is 53.4 Å². The van der Waals surface area contributed by atoms with Gasteiger partial charge in [-0.1, -0.05) is 36.4 Å². The molecule has 0 saturated carbocycles. The first-order valence-electron chi connectivity index (χ1n) is 4.80. The largest absolute Gasteiger partial charge is 0.478 e. The molecule has 0 fully saturated rings. The molecule has 0 unspecified atom stereocenters. The molecule has 0 atom stereocenters. The summed E-state index contributed by atoms with van der Waals surface area (Å²) in [5.41, 5.74) is 2.11. The maximum Gasteiger partial charge on any atom is 0.336 e. The standard InChI is InChI=1S/C13H10O2S/c14-13(15)11-8-10(6-7-12(11)16)9-4-2-1-3-5-9/h1-8,16H,(H,14,15). The summed E-state index contributed by atoms with van der Waals surface area (Å²) >= 11 is 4.12. The van der Waals surface area contributed by atoms with E-state index in [4.69, 9.17) is 5.11 Å². The van der Waals surface area contributed by atoms with Crippen LogP contribution in [0.2, 0.25) is 0 Å². The second-order valence-corrected chi connectivity index (χ2v) is 3.88. The molecule has 0 heterocycles. The molecule has 0 spiro atoms. The number of benzene rings is 2. The third-order valence-electron chi connectivity index (χ3n) is 2.33. The predicted molar refractivity (Wildman–Crippen MR) is 66.1 cm³/mol. The lowest BCUT2D eigenvalue weighted by Gasteiger charge is -2.05. The van der Waals surface area contributed by atoms with Crippen molar-refractivity contribution in [1.82, 2.24) is 0 Å². The molecule has 2 aromatic rings. The Hall–Kier alpha value is -1.74. The van der Waals surface area contributed by atoms with Gasteiger partial charge in [0.05, 0.1) is 5.56 Å². The van der Waals surface area contributed by atoms with Crippen LogP contribution >= 0.6 is 12.6 Å². The number of carboxylic acids is 1. The van der Waals surface area contributed by atoms with Crippen molar-refractivity contribution < 1.29 is 9.90 Å². The van der Waals surface area contributed by atoms with Crippen molar-refractivity contribution in [2.45, 2.75) is 4.90 Å². The van der Waals surface area contributed by atoms with Crippen molar-refractivity contribution in [3.63, 3.8) is 0 Å². The van der Waals surface area contributed by atoms with Gasteiger partial charge in [0.25, 0.3) is 0 Å². The van der Waals surface area contributed by atoms with Crippen LogP contribution in [0.4, 0.5) is 0 Å². The summed E-state index contributed by atoms with van der Waals surface area (Å²) < 4.78 is 0. The Balaban J connectivity index is 2.52. The molecule has 0 amide bonds. The van der Waals surface area contributed by atoms with E-state index in [1.54, 1.807) is 12.1 Å². The average molecular weight is 230 g/mol. The fraction of sp³-hybridized carbons (Fsp3) is 0. The minimum Gasteiger partial charge on any atom is -0.478 e. The fourth-order valence-electron chi connectivity index (χ4n) is 1.52. The number of hydrogen-bond donors (Lipinski definition) is 2. The van der Waals surface area contributed by atoms with Crippen LogP contribution in [0.5, 0.6) is 0 Å². The molecule has 2 nitrogen and oxygen atoms in total. The zero-order valence-electron chi connectivity index (χ0n) is 8.42. The maximum atomic E-state index is 11.0. The van der Waals surface area contributed by atoms with Crippen molar-refractivity contribution in [2.24, 2.45) is 0 Å². The molecule has 16 heavy (non-hydrogen) atoms. The molecule has 3 heteroatoms. The molecule has 0 aromatic heterocycles. The normalized spacial score (nSPS) is 10.1. The highest BCUT2D eigenvalue weighted by Gasteiger charge is 2.08. The number of hydrogen-bond acceptors (Lipinski definition) is 2. The maximum absolute atomic E-state index is 11.0. The first-order chi connectivity index (χ1) is 7.68. The SMILES string of the molecule is O=C(O)c1cc(-c2ccccc2)ccc1S. The lowest BCUT2D eigenvalue weighted by Crippen LogP contribution is -1.98. The van der Waals surface area contributed by atoms with Gasteiger partial charge in [-0.05, 0) is 23.3 Å². The van der Waals surface area contributed by atoms with E-state index in [1.807, 2.05) is 36.4 Å². The van der Waals surface area contributed by atoms with E-state index in [1.165, 1.54) is 0 Å². The van der Waals surface area contributed by atoms with Crippen molar-refractivity contribution >= 4 is 18.6 Å². The minimum atomic E-state index is -0.956. The summed E-state index contributed by atoms with van der Waals surface area (Å²) in [4.78, 5) is 11.4. The highest BCUT2D eigenvalue weighted by atomic mass is 32.1. The number of rotatable bonds is 2. The lowest BCUT2D eigenvalue weighted by molar-refractivity contribution is 0.0693. The smallest absolute Gasteiger partial charge is 0.336 e. The summed E-state index contributed by atoms with van der Waals surface area (Å²) in [7, 11) is 0. The number of carbonyl (C=O) groups is 1. The van der Waals surface area contributed by atoms with Gasteiger partial charge in [0.2, 0.25) is 0 Å². The van der Waals surface area contributed by atoms with E-state index in [2.05, 4.69) is 12.6 Å². The molecule has 0 bridgehead atoms. The topological polar surface area (TPSA) is 37.3 Å². The molecule has 2 rings (SSSR count).